The average molecular weight is 467 g/mol. The highest BCUT2D eigenvalue weighted by molar-refractivity contribution is 7.92. The second-order valence-corrected chi connectivity index (χ2v) is 9.70. The van der Waals surface area contributed by atoms with Crippen LogP contribution >= 0.6 is 0 Å². The third-order valence-corrected chi connectivity index (χ3v) is 7.31. The first-order valence-electron chi connectivity index (χ1n) is 10.9. The molecule has 1 amide bonds. The van der Waals surface area contributed by atoms with Crippen LogP contribution in [-0.4, -0.2) is 27.5 Å². The molecule has 174 valence electrons. The minimum Gasteiger partial charge on any atom is -0.494 e. The molecule has 3 aromatic rings. The molecule has 0 heterocycles. The van der Waals surface area contributed by atoms with Gasteiger partial charge in [0.1, 0.15) is 12.3 Å². The fraction of sp³-hybridized carbons (Fsp3) is 0.269. The Bertz CT molecular complexity index is 1190. The van der Waals surface area contributed by atoms with Crippen molar-refractivity contribution in [2.24, 2.45) is 0 Å². The van der Waals surface area contributed by atoms with Crippen LogP contribution in [0.4, 0.5) is 5.69 Å². The first-order chi connectivity index (χ1) is 15.7. The minimum atomic E-state index is -3.94. The van der Waals surface area contributed by atoms with E-state index in [4.69, 9.17) is 4.74 Å². The highest BCUT2D eigenvalue weighted by Gasteiger charge is 2.28. The molecular formula is C26H30N2O4S. The van der Waals surface area contributed by atoms with Crippen LogP contribution in [0.1, 0.15) is 36.6 Å². The Morgan fingerprint density at radius 3 is 2.27 bits per heavy atom. The van der Waals surface area contributed by atoms with E-state index in [-0.39, 0.29) is 17.5 Å². The van der Waals surface area contributed by atoms with Crippen molar-refractivity contribution in [1.29, 1.82) is 0 Å². The number of benzene rings is 3. The SMILES string of the molecule is CCOc1ccc([C@H](C)NC(=O)CN(c2cccc(C)c2C)S(=O)(=O)c2ccccc2)cc1. The molecule has 0 aliphatic carbocycles. The molecule has 0 aromatic heterocycles. The van der Waals surface area contributed by atoms with Gasteiger partial charge in [0.05, 0.1) is 23.2 Å². The van der Waals surface area contributed by atoms with Crippen LogP contribution in [0.2, 0.25) is 0 Å². The first kappa shape index (κ1) is 24.3. The summed E-state index contributed by atoms with van der Waals surface area (Å²) in [5, 5.41) is 2.92. The average Bonchev–Trinajstić information content (AvgIpc) is 2.80. The number of nitrogens with zero attached hydrogens (tertiary/aromatic N) is 1. The summed E-state index contributed by atoms with van der Waals surface area (Å²) in [6.07, 6.45) is 0. The molecule has 33 heavy (non-hydrogen) atoms. The fourth-order valence-electron chi connectivity index (χ4n) is 3.55. The van der Waals surface area contributed by atoms with Gasteiger partial charge in [-0.05, 0) is 74.7 Å². The van der Waals surface area contributed by atoms with Crippen LogP contribution in [0.15, 0.2) is 77.7 Å². The van der Waals surface area contributed by atoms with Crippen molar-refractivity contribution in [3.8, 4) is 5.75 Å². The summed E-state index contributed by atoms with van der Waals surface area (Å²) in [5.74, 6) is 0.367. The van der Waals surface area contributed by atoms with E-state index in [0.717, 1.165) is 22.4 Å². The zero-order valence-corrected chi connectivity index (χ0v) is 20.2. The normalized spacial score (nSPS) is 12.1. The molecule has 0 radical (unpaired) electrons. The summed E-state index contributed by atoms with van der Waals surface area (Å²) in [6.45, 7) is 7.81. The van der Waals surface area contributed by atoms with Crippen molar-refractivity contribution in [3.05, 3.63) is 89.5 Å². The molecule has 0 aliphatic heterocycles. The molecule has 0 unspecified atom stereocenters. The Labute approximate surface area is 196 Å². The number of anilines is 1. The largest absolute Gasteiger partial charge is 0.494 e. The smallest absolute Gasteiger partial charge is 0.264 e. The number of carbonyl (C=O) groups is 1. The van der Waals surface area contributed by atoms with E-state index in [0.29, 0.717) is 12.3 Å². The van der Waals surface area contributed by atoms with E-state index in [2.05, 4.69) is 5.32 Å². The number of sulfonamides is 1. The van der Waals surface area contributed by atoms with Gasteiger partial charge in [0.25, 0.3) is 10.0 Å². The van der Waals surface area contributed by atoms with E-state index in [1.807, 2.05) is 58.0 Å². The number of hydrogen-bond acceptors (Lipinski definition) is 4. The molecule has 0 saturated heterocycles. The fourth-order valence-corrected chi connectivity index (χ4v) is 5.04. The van der Waals surface area contributed by atoms with Crippen LogP contribution in [0.25, 0.3) is 0 Å². The number of nitrogens with one attached hydrogen (secondary N) is 1. The van der Waals surface area contributed by atoms with Gasteiger partial charge in [-0.25, -0.2) is 8.42 Å². The lowest BCUT2D eigenvalue weighted by atomic mass is 10.1. The third-order valence-electron chi connectivity index (χ3n) is 5.53. The molecule has 1 N–H and O–H groups in total. The van der Waals surface area contributed by atoms with Gasteiger partial charge in [0.15, 0.2) is 0 Å². The van der Waals surface area contributed by atoms with Crippen LogP contribution in [-0.2, 0) is 14.8 Å². The lowest BCUT2D eigenvalue weighted by Gasteiger charge is -2.27. The standard InChI is InChI=1S/C26H30N2O4S/c1-5-32-23-16-14-22(15-17-23)21(4)27-26(29)18-28(25-13-9-10-19(2)20(25)3)33(30,31)24-11-7-6-8-12-24/h6-17,21H,5,18H2,1-4H3,(H,27,29)/t21-/m0/s1. The van der Waals surface area contributed by atoms with Crippen molar-refractivity contribution in [2.75, 3.05) is 17.5 Å². The maximum Gasteiger partial charge on any atom is 0.264 e. The second-order valence-electron chi connectivity index (χ2n) is 7.84. The first-order valence-corrected chi connectivity index (χ1v) is 12.3. The van der Waals surface area contributed by atoms with Crippen molar-refractivity contribution in [1.82, 2.24) is 5.32 Å². The molecule has 0 spiro atoms. The molecule has 3 rings (SSSR count). The van der Waals surface area contributed by atoms with Crippen LogP contribution in [0.3, 0.4) is 0 Å². The van der Waals surface area contributed by atoms with Gasteiger partial charge < -0.3 is 10.1 Å². The quantitative estimate of drug-likeness (QED) is 0.493. The van der Waals surface area contributed by atoms with Gasteiger partial charge in [-0.15, -0.1) is 0 Å². The van der Waals surface area contributed by atoms with Gasteiger partial charge in [0.2, 0.25) is 5.91 Å². The Morgan fingerprint density at radius 2 is 1.64 bits per heavy atom. The molecule has 6 nitrogen and oxygen atoms in total. The van der Waals surface area contributed by atoms with Gasteiger partial charge in [0, 0.05) is 0 Å². The molecule has 0 fully saturated rings. The Morgan fingerprint density at radius 1 is 0.970 bits per heavy atom. The highest BCUT2D eigenvalue weighted by atomic mass is 32.2. The summed E-state index contributed by atoms with van der Waals surface area (Å²) >= 11 is 0. The molecule has 1 atom stereocenters. The minimum absolute atomic E-state index is 0.137. The van der Waals surface area contributed by atoms with Gasteiger partial charge in [-0.1, -0.05) is 42.5 Å². The van der Waals surface area contributed by atoms with E-state index in [9.17, 15) is 13.2 Å². The zero-order valence-electron chi connectivity index (χ0n) is 19.4. The summed E-state index contributed by atoms with van der Waals surface area (Å²) in [5.41, 5.74) is 3.15. The van der Waals surface area contributed by atoms with Gasteiger partial charge in [-0.2, -0.15) is 0 Å². The Hall–Kier alpha value is -3.32. The number of rotatable bonds is 9. The van der Waals surface area contributed by atoms with E-state index >= 15 is 0 Å². The van der Waals surface area contributed by atoms with E-state index in [1.165, 1.54) is 16.4 Å². The molecule has 3 aromatic carbocycles. The third kappa shape index (κ3) is 5.73. The number of aryl methyl sites for hydroxylation is 1. The van der Waals surface area contributed by atoms with E-state index in [1.54, 1.807) is 30.3 Å². The maximum atomic E-state index is 13.5. The topological polar surface area (TPSA) is 75.7 Å². The van der Waals surface area contributed by atoms with Crippen LogP contribution in [0, 0.1) is 13.8 Å². The predicted molar refractivity (Wildman–Crippen MR) is 131 cm³/mol. The summed E-state index contributed by atoms with van der Waals surface area (Å²) in [7, 11) is -3.94. The summed E-state index contributed by atoms with van der Waals surface area (Å²) in [4.78, 5) is 13.1. The molecule has 0 bridgehead atoms. The monoisotopic (exact) mass is 466 g/mol. The molecular weight excluding hydrogens is 436 g/mol. The van der Waals surface area contributed by atoms with Gasteiger partial charge in [-0.3, -0.25) is 9.10 Å². The molecule has 0 aliphatic rings. The van der Waals surface area contributed by atoms with Crippen molar-refractivity contribution < 1.29 is 17.9 Å². The molecule has 7 heteroatoms. The lowest BCUT2D eigenvalue weighted by Crippen LogP contribution is -2.42. The predicted octanol–water partition coefficient (Wildman–Crippen LogP) is 4.77. The van der Waals surface area contributed by atoms with Crippen LogP contribution < -0.4 is 14.4 Å². The van der Waals surface area contributed by atoms with Gasteiger partial charge >= 0.3 is 0 Å². The Kier molecular flexibility index (Phi) is 7.76. The number of ether oxygens (including phenoxy) is 1. The number of amides is 1. The van der Waals surface area contributed by atoms with Crippen molar-refractivity contribution in [2.45, 2.75) is 38.6 Å². The van der Waals surface area contributed by atoms with Crippen molar-refractivity contribution >= 4 is 21.6 Å². The highest BCUT2D eigenvalue weighted by Crippen LogP contribution is 2.28. The second kappa shape index (κ2) is 10.5. The Balaban J connectivity index is 1.87. The zero-order chi connectivity index (χ0) is 24.0. The lowest BCUT2D eigenvalue weighted by molar-refractivity contribution is -0.120. The van der Waals surface area contributed by atoms with Crippen molar-refractivity contribution in [3.63, 3.8) is 0 Å². The molecule has 0 saturated carbocycles. The summed E-state index contributed by atoms with van der Waals surface area (Å²) < 4.78 is 33.7. The summed E-state index contributed by atoms with van der Waals surface area (Å²) in [6, 6.07) is 20.8. The number of hydrogen-bond donors (Lipinski definition) is 1. The number of carbonyl (C=O) groups excluding carboxylic acids is 1. The van der Waals surface area contributed by atoms with E-state index < -0.39 is 15.9 Å². The van der Waals surface area contributed by atoms with Crippen LogP contribution in [0.5, 0.6) is 5.75 Å². The maximum absolute atomic E-state index is 13.5.